The molecule has 44 heavy (non-hydrogen) atoms. The molecule has 4 fully saturated rings. The van der Waals surface area contributed by atoms with Crippen LogP contribution in [0, 0.1) is 28.6 Å². The number of aliphatic hydroxyl groups excluding tert-OH is 3. The van der Waals surface area contributed by atoms with E-state index in [1.165, 1.54) is 11.1 Å². The predicted molar refractivity (Wildman–Crippen MR) is 167 cm³/mol. The SMILES string of the molecule is CC(C)CNC(=O)c1ccc([C@H]2CC[C@]3(O)[C@@H]4CCC5=C[C@@H](O[C@@H]6O[C@@H](C)[C@H](O)[C@@H](O)[C@H]6O)CC[C@]5(C)[C@H]4CC[C@]23C)cc1. The topological polar surface area (TPSA) is 128 Å². The summed E-state index contributed by atoms with van der Waals surface area (Å²) >= 11 is 0. The number of hydrogen-bond donors (Lipinski definition) is 5. The Morgan fingerprint density at radius 3 is 2.41 bits per heavy atom. The van der Waals surface area contributed by atoms with E-state index in [0.717, 1.165) is 51.4 Å². The van der Waals surface area contributed by atoms with Crippen LogP contribution in [0.4, 0.5) is 0 Å². The molecule has 1 aromatic rings. The van der Waals surface area contributed by atoms with Crippen molar-refractivity contribution < 1.29 is 34.7 Å². The van der Waals surface area contributed by atoms with E-state index < -0.39 is 36.3 Å². The van der Waals surface area contributed by atoms with E-state index in [1.807, 2.05) is 12.1 Å². The van der Waals surface area contributed by atoms with E-state index in [9.17, 15) is 25.2 Å². The molecular weight excluding hydrogens is 558 g/mol. The highest BCUT2D eigenvalue weighted by Crippen LogP contribution is 2.70. The molecule has 5 aliphatic rings. The fourth-order valence-electron chi connectivity index (χ4n) is 9.87. The summed E-state index contributed by atoms with van der Waals surface area (Å²) < 4.78 is 11.9. The summed E-state index contributed by atoms with van der Waals surface area (Å²) in [4.78, 5) is 12.6. The quantitative estimate of drug-likeness (QED) is 0.301. The summed E-state index contributed by atoms with van der Waals surface area (Å²) in [6, 6.07) is 8.10. The number of fused-ring (bicyclic) bond motifs is 5. The van der Waals surface area contributed by atoms with Gasteiger partial charge in [0.15, 0.2) is 6.29 Å². The maximum absolute atomic E-state index is 12.6. The highest BCUT2D eigenvalue weighted by Gasteiger charge is 2.66. The molecule has 0 radical (unpaired) electrons. The Balaban J connectivity index is 1.16. The number of ether oxygens (including phenoxy) is 2. The molecule has 8 nitrogen and oxygen atoms in total. The van der Waals surface area contributed by atoms with Crippen LogP contribution in [-0.4, -0.2) is 75.3 Å². The first-order chi connectivity index (χ1) is 20.8. The normalized spacial score (nSPS) is 45.2. The number of allylic oxidation sites excluding steroid dienone is 1. The molecular formula is C36H53NO7. The minimum absolute atomic E-state index is 0.0159. The second-order valence-corrected chi connectivity index (χ2v) is 15.5. The first-order valence-electron chi connectivity index (χ1n) is 17.0. The molecule has 3 saturated carbocycles. The Bertz CT molecular complexity index is 1250. The highest BCUT2D eigenvalue weighted by atomic mass is 16.7. The molecule has 5 N–H and O–H groups in total. The molecule has 1 saturated heterocycles. The Kier molecular flexibility index (Phi) is 8.60. The number of carbonyl (C=O) groups excluding carboxylic acids is 1. The third-order valence-corrected chi connectivity index (χ3v) is 12.6. The molecule has 4 aliphatic carbocycles. The second-order valence-electron chi connectivity index (χ2n) is 15.5. The van der Waals surface area contributed by atoms with E-state index in [1.54, 1.807) is 6.92 Å². The molecule has 0 aromatic heterocycles. The van der Waals surface area contributed by atoms with Crippen LogP contribution in [0.3, 0.4) is 0 Å². The molecule has 6 rings (SSSR count). The van der Waals surface area contributed by atoms with Crippen LogP contribution >= 0.6 is 0 Å². The second kappa shape index (κ2) is 11.8. The van der Waals surface area contributed by atoms with Crippen molar-refractivity contribution >= 4 is 5.91 Å². The number of amides is 1. The van der Waals surface area contributed by atoms with Crippen molar-refractivity contribution in [3.8, 4) is 0 Å². The average molecular weight is 612 g/mol. The lowest BCUT2D eigenvalue weighted by molar-refractivity contribution is -0.301. The summed E-state index contributed by atoms with van der Waals surface area (Å²) in [6.45, 7) is 11.2. The van der Waals surface area contributed by atoms with Gasteiger partial charge in [0.25, 0.3) is 5.91 Å². The van der Waals surface area contributed by atoms with Gasteiger partial charge in [-0.2, -0.15) is 0 Å². The lowest BCUT2D eigenvalue weighted by Crippen LogP contribution is -2.60. The first kappa shape index (κ1) is 32.1. The summed E-state index contributed by atoms with van der Waals surface area (Å²) in [5.41, 5.74) is 2.32. The average Bonchev–Trinajstić information content (AvgIpc) is 3.28. The third-order valence-electron chi connectivity index (χ3n) is 12.6. The standard InChI is InChI=1S/C36H53NO7/c1-20(2)19-37-32(41)23-8-6-22(7-9-23)26-14-17-36(42)28-11-10-24-18-25(44-33-31(40)30(39)29(38)21(3)43-33)12-15-34(24,4)27(28)13-16-35(26,36)5/h6-9,18,20-21,25-31,33,38-40,42H,10-17,19H2,1-5H3,(H,37,41)/t21-,25-,26+,27-,28+,29-,30+,31+,33-,34-,35+,36-/m0/s1. The van der Waals surface area contributed by atoms with Gasteiger partial charge in [-0.3, -0.25) is 4.79 Å². The number of benzene rings is 1. The lowest BCUT2D eigenvalue weighted by atomic mass is 9.45. The van der Waals surface area contributed by atoms with Gasteiger partial charge in [0.05, 0.1) is 17.8 Å². The zero-order chi connectivity index (χ0) is 31.6. The van der Waals surface area contributed by atoms with E-state index in [4.69, 9.17) is 9.47 Å². The van der Waals surface area contributed by atoms with E-state index in [0.29, 0.717) is 23.9 Å². The van der Waals surface area contributed by atoms with E-state index in [-0.39, 0.29) is 34.7 Å². The zero-order valence-corrected chi connectivity index (χ0v) is 27.0. The van der Waals surface area contributed by atoms with Crippen LogP contribution in [0.5, 0.6) is 0 Å². The van der Waals surface area contributed by atoms with Gasteiger partial charge < -0.3 is 35.2 Å². The van der Waals surface area contributed by atoms with Crippen LogP contribution in [-0.2, 0) is 9.47 Å². The van der Waals surface area contributed by atoms with Crippen molar-refractivity contribution in [1.82, 2.24) is 5.32 Å². The molecule has 1 heterocycles. The monoisotopic (exact) mass is 611 g/mol. The first-order valence-corrected chi connectivity index (χ1v) is 17.0. The Morgan fingerprint density at radius 1 is 0.977 bits per heavy atom. The van der Waals surface area contributed by atoms with Crippen LogP contribution in [0.2, 0.25) is 0 Å². The van der Waals surface area contributed by atoms with Crippen molar-refractivity contribution in [2.24, 2.45) is 28.6 Å². The van der Waals surface area contributed by atoms with Crippen LogP contribution in [0.1, 0.15) is 108 Å². The number of carbonyl (C=O) groups is 1. The summed E-state index contributed by atoms with van der Waals surface area (Å²) in [5.74, 6) is 1.25. The molecule has 0 unspecified atom stereocenters. The minimum atomic E-state index is -1.31. The summed E-state index contributed by atoms with van der Waals surface area (Å²) in [7, 11) is 0. The third kappa shape index (κ3) is 5.18. The molecule has 0 bridgehead atoms. The van der Waals surface area contributed by atoms with Crippen molar-refractivity contribution in [3.63, 3.8) is 0 Å². The molecule has 1 amide bonds. The van der Waals surface area contributed by atoms with E-state index in [2.05, 4.69) is 51.2 Å². The maximum atomic E-state index is 12.6. The fraction of sp³-hybridized carbons (Fsp3) is 0.750. The Hall–Kier alpha value is -1.81. The van der Waals surface area contributed by atoms with Crippen molar-refractivity contribution in [2.75, 3.05) is 6.54 Å². The molecule has 12 atom stereocenters. The largest absolute Gasteiger partial charge is 0.389 e. The smallest absolute Gasteiger partial charge is 0.251 e. The Morgan fingerprint density at radius 2 is 1.70 bits per heavy atom. The maximum Gasteiger partial charge on any atom is 0.251 e. The number of nitrogens with one attached hydrogen (secondary N) is 1. The number of rotatable bonds is 6. The zero-order valence-electron chi connectivity index (χ0n) is 27.0. The van der Waals surface area contributed by atoms with Crippen molar-refractivity contribution in [2.45, 2.75) is 134 Å². The fourth-order valence-corrected chi connectivity index (χ4v) is 9.87. The Labute approximate surface area is 262 Å². The van der Waals surface area contributed by atoms with Gasteiger partial charge in [-0.25, -0.2) is 0 Å². The minimum Gasteiger partial charge on any atom is -0.389 e. The van der Waals surface area contributed by atoms with Crippen LogP contribution < -0.4 is 5.32 Å². The van der Waals surface area contributed by atoms with Gasteiger partial charge in [0, 0.05) is 17.5 Å². The lowest BCUT2D eigenvalue weighted by Gasteiger charge is -2.62. The molecule has 0 spiro atoms. The number of hydrogen-bond acceptors (Lipinski definition) is 7. The molecule has 244 valence electrons. The summed E-state index contributed by atoms with van der Waals surface area (Å²) in [6.07, 6.45) is 3.97. The molecule has 1 aliphatic heterocycles. The van der Waals surface area contributed by atoms with Crippen LogP contribution in [0.25, 0.3) is 0 Å². The predicted octanol–water partition coefficient (Wildman–Crippen LogP) is 4.45. The van der Waals surface area contributed by atoms with Gasteiger partial charge in [0.2, 0.25) is 0 Å². The van der Waals surface area contributed by atoms with Gasteiger partial charge in [-0.15, -0.1) is 0 Å². The number of aliphatic hydroxyl groups is 4. The van der Waals surface area contributed by atoms with Gasteiger partial charge >= 0.3 is 0 Å². The molecule has 8 heteroatoms. The van der Waals surface area contributed by atoms with Crippen molar-refractivity contribution in [3.05, 3.63) is 47.0 Å². The summed E-state index contributed by atoms with van der Waals surface area (Å²) in [5, 5.41) is 46.4. The van der Waals surface area contributed by atoms with Crippen molar-refractivity contribution in [1.29, 1.82) is 0 Å². The highest BCUT2D eigenvalue weighted by molar-refractivity contribution is 5.94. The van der Waals surface area contributed by atoms with Crippen LogP contribution in [0.15, 0.2) is 35.9 Å². The van der Waals surface area contributed by atoms with Gasteiger partial charge in [-0.1, -0.05) is 51.5 Å². The van der Waals surface area contributed by atoms with Gasteiger partial charge in [-0.05, 0) is 105 Å². The van der Waals surface area contributed by atoms with Gasteiger partial charge in [0.1, 0.15) is 18.3 Å². The molecule has 1 aromatic carbocycles. The van der Waals surface area contributed by atoms with E-state index >= 15 is 0 Å².